The van der Waals surface area contributed by atoms with E-state index in [2.05, 4.69) is 10.1 Å². The third-order valence-corrected chi connectivity index (χ3v) is 5.16. The van der Waals surface area contributed by atoms with Gasteiger partial charge in [-0.05, 0) is 32.4 Å². The van der Waals surface area contributed by atoms with Crippen molar-refractivity contribution in [1.29, 1.82) is 0 Å². The van der Waals surface area contributed by atoms with Gasteiger partial charge in [0.15, 0.2) is 0 Å². The summed E-state index contributed by atoms with van der Waals surface area (Å²) in [4.78, 5) is 18.9. The van der Waals surface area contributed by atoms with Crippen molar-refractivity contribution in [2.45, 2.75) is 39.2 Å². The lowest BCUT2D eigenvalue weighted by molar-refractivity contribution is -0.130. The van der Waals surface area contributed by atoms with E-state index in [1.165, 1.54) is 0 Å². The lowest BCUT2D eigenvalue weighted by Gasteiger charge is -2.18. The van der Waals surface area contributed by atoms with Gasteiger partial charge in [0.05, 0.1) is 12.2 Å². The van der Waals surface area contributed by atoms with Gasteiger partial charge in [0.25, 0.3) is 0 Å². The number of amides is 1. The van der Waals surface area contributed by atoms with Crippen LogP contribution in [0.2, 0.25) is 0 Å². The molecular weight excluding hydrogens is 342 g/mol. The van der Waals surface area contributed by atoms with Gasteiger partial charge in [-0.3, -0.25) is 9.78 Å². The zero-order valence-electron chi connectivity index (χ0n) is 15.6. The third-order valence-electron chi connectivity index (χ3n) is 5.16. The van der Waals surface area contributed by atoms with E-state index in [-0.39, 0.29) is 12.0 Å². The SMILES string of the molecule is Cc1noc(C)c1CCC(=O)N1CCC(Oc2cccc3cccnc23)C1. The number of hydrogen-bond acceptors (Lipinski definition) is 5. The highest BCUT2D eigenvalue weighted by Crippen LogP contribution is 2.26. The van der Waals surface area contributed by atoms with Gasteiger partial charge in [0, 0.05) is 36.5 Å². The van der Waals surface area contributed by atoms with Gasteiger partial charge < -0.3 is 14.2 Å². The van der Waals surface area contributed by atoms with Crippen molar-refractivity contribution in [1.82, 2.24) is 15.0 Å². The van der Waals surface area contributed by atoms with Crippen molar-refractivity contribution in [3.63, 3.8) is 0 Å². The summed E-state index contributed by atoms with van der Waals surface area (Å²) >= 11 is 0. The number of rotatable bonds is 5. The van der Waals surface area contributed by atoms with Crippen LogP contribution in [0.15, 0.2) is 41.1 Å². The first-order valence-corrected chi connectivity index (χ1v) is 9.32. The minimum atomic E-state index is 0.000574. The number of hydrogen-bond donors (Lipinski definition) is 0. The molecule has 1 saturated heterocycles. The number of carbonyl (C=O) groups excluding carboxylic acids is 1. The molecule has 1 aliphatic rings. The van der Waals surface area contributed by atoms with Crippen molar-refractivity contribution in [3.8, 4) is 5.75 Å². The number of likely N-dealkylation sites (tertiary alicyclic amines) is 1. The van der Waals surface area contributed by atoms with Gasteiger partial charge in [-0.25, -0.2) is 0 Å². The van der Waals surface area contributed by atoms with Gasteiger partial charge in [-0.1, -0.05) is 23.4 Å². The maximum absolute atomic E-state index is 12.6. The zero-order chi connectivity index (χ0) is 18.8. The number of aromatic nitrogens is 2. The molecule has 1 aliphatic heterocycles. The van der Waals surface area contributed by atoms with Gasteiger partial charge >= 0.3 is 0 Å². The fourth-order valence-corrected chi connectivity index (χ4v) is 3.65. The smallest absolute Gasteiger partial charge is 0.223 e. The lowest BCUT2D eigenvalue weighted by Crippen LogP contribution is -2.31. The molecule has 2 aromatic heterocycles. The van der Waals surface area contributed by atoms with Crippen LogP contribution in [0.25, 0.3) is 10.9 Å². The normalized spacial score (nSPS) is 16.8. The Morgan fingerprint density at radius 1 is 1.30 bits per heavy atom. The Labute approximate surface area is 158 Å². The van der Waals surface area contributed by atoms with Gasteiger partial charge in [-0.15, -0.1) is 0 Å². The molecule has 3 aromatic rings. The summed E-state index contributed by atoms with van der Waals surface area (Å²) in [5.74, 6) is 1.73. The van der Waals surface area contributed by atoms with Crippen molar-refractivity contribution < 1.29 is 14.1 Å². The number of nitrogens with zero attached hydrogens (tertiary/aromatic N) is 3. The fourth-order valence-electron chi connectivity index (χ4n) is 3.65. The maximum atomic E-state index is 12.6. The van der Waals surface area contributed by atoms with Crippen LogP contribution in [0.5, 0.6) is 5.75 Å². The predicted octanol–water partition coefficient (Wildman–Crippen LogP) is 3.45. The molecule has 6 heteroatoms. The molecule has 4 rings (SSSR count). The van der Waals surface area contributed by atoms with Crippen molar-refractivity contribution >= 4 is 16.8 Å². The van der Waals surface area contributed by atoms with E-state index in [1.807, 2.05) is 49.1 Å². The number of ether oxygens (including phenoxy) is 1. The summed E-state index contributed by atoms with van der Waals surface area (Å²) in [6.45, 7) is 5.14. The number of fused-ring (bicyclic) bond motifs is 1. The number of para-hydroxylation sites is 1. The minimum absolute atomic E-state index is 0.000574. The summed E-state index contributed by atoms with van der Waals surface area (Å²) in [6.07, 6.45) is 3.73. The Balaban J connectivity index is 1.36. The molecule has 1 unspecified atom stereocenters. The van der Waals surface area contributed by atoms with Crippen LogP contribution in [0.3, 0.4) is 0 Å². The van der Waals surface area contributed by atoms with Crippen LogP contribution in [-0.4, -0.2) is 40.1 Å². The molecule has 3 heterocycles. The van der Waals surface area contributed by atoms with Crippen LogP contribution >= 0.6 is 0 Å². The Morgan fingerprint density at radius 2 is 2.15 bits per heavy atom. The molecule has 0 aliphatic carbocycles. The fraction of sp³-hybridized carbons (Fsp3) is 0.381. The van der Waals surface area contributed by atoms with E-state index in [4.69, 9.17) is 9.26 Å². The van der Waals surface area contributed by atoms with Crippen molar-refractivity contribution in [2.24, 2.45) is 0 Å². The van der Waals surface area contributed by atoms with Crippen LogP contribution in [0, 0.1) is 13.8 Å². The van der Waals surface area contributed by atoms with Crippen LogP contribution in [0.1, 0.15) is 29.9 Å². The Morgan fingerprint density at radius 3 is 2.96 bits per heavy atom. The molecule has 0 bridgehead atoms. The van der Waals surface area contributed by atoms with E-state index >= 15 is 0 Å². The number of aryl methyl sites for hydroxylation is 2. The molecule has 1 atom stereocenters. The molecule has 140 valence electrons. The summed E-state index contributed by atoms with van der Waals surface area (Å²) in [6, 6.07) is 9.88. The molecule has 0 spiro atoms. The maximum Gasteiger partial charge on any atom is 0.223 e. The van der Waals surface area contributed by atoms with Crippen molar-refractivity contribution in [3.05, 3.63) is 53.5 Å². The Bertz CT molecular complexity index is 941. The molecular formula is C21H23N3O3. The Kier molecular flexibility index (Phi) is 4.79. The summed E-state index contributed by atoms with van der Waals surface area (Å²) in [5, 5.41) is 5.01. The first-order chi connectivity index (χ1) is 13.1. The second-order valence-corrected chi connectivity index (χ2v) is 7.00. The monoisotopic (exact) mass is 365 g/mol. The average molecular weight is 365 g/mol. The van der Waals surface area contributed by atoms with Crippen molar-refractivity contribution in [2.75, 3.05) is 13.1 Å². The predicted molar refractivity (Wildman–Crippen MR) is 102 cm³/mol. The van der Waals surface area contributed by atoms with E-state index in [0.29, 0.717) is 19.4 Å². The van der Waals surface area contributed by atoms with E-state index < -0.39 is 0 Å². The highest BCUT2D eigenvalue weighted by atomic mass is 16.5. The number of pyridine rings is 1. The summed E-state index contributed by atoms with van der Waals surface area (Å²) in [7, 11) is 0. The first-order valence-electron chi connectivity index (χ1n) is 9.32. The van der Waals surface area contributed by atoms with Crippen LogP contribution < -0.4 is 4.74 Å². The quantitative estimate of drug-likeness (QED) is 0.693. The number of benzene rings is 1. The molecule has 1 fully saturated rings. The van der Waals surface area contributed by atoms with E-state index in [0.717, 1.165) is 46.6 Å². The minimum Gasteiger partial charge on any atom is -0.486 e. The number of carbonyl (C=O) groups is 1. The highest BCUT2D eigenvalue weighted by Gasteiger charge is 2.28. The third kappa shape index (κ3) is 3.65. The Hall–Kier alpha value is -2.89. The van der Waals surface area contributed by atoms with Gasteiger partial charge in [0.2, 0.25) is 5.91 Å². The standard InChI is InChI=1S/C21H23N3O3/c1-14-18(15(2)27-23-14)8-9-20(25)24-12-10-17(13-24)26-19-7-3-5-16-6-4-11-22-21(16)19/h3-7,11,17H,8-10,12-13H2,1-2H3. The molecule has 0 N–H and O–H groups in total. The summed E-state index contributed by atoms with van der Waals surface area (Å²) < 4.78 is 11.3. The van der Waals surface area contributed by atoms with E-state index in [1.54, 1.807) is 6.20 Å². The summed E-state index contributed by atoms with van der Waals surface area (Å²) in [5.41, 5.74) is 2.77. The topological polar surface area (TPSA) is 68.5 Å². The zero-order valence-corrected chi connectivity index (χ0v) is 15.6. The molecule has 1 amide bonds. The average Bonchev–Trinajstić information content (AvgIpc) is 3.27. The molecule has 0 radical (unpaired) electrons. The van der Waals surface area contributed by atoms with Crippen LogP contribution in [0.4, 0.5) is 0 Å². The van der Waals surface area contributed by atoms with Crippen LogP contribution in [-0.2, 0) is 11.2 Å². The van der Waals surface area contributed by atoms with E-state index in [9.17, 15) is 4.79 Å². The molecule has 0 saturated carbocycles. The molecule has 27 heavy (non-hydrogen) atoms. The lowest BCUT2D eigenvalue weighted by atomic mass is 10.1. The second kappa shape index (κ2) is 7.39. The van der Waals surface area contributed by atoms with Gasteiger partial charge in [0.1, 0.15) is 23.1 Å². The van der Waals surface area contributed by atoms with Gasteiger partial charge in [-0.2, -0.15) is 0 Å². The largest absolute Gasteiger partial charge is 0.486 e. The second-order valence-electron chi connectivity index (χ2n) is 7.00. The first kappa shape index (κ1) is 17.5. The molecule has 6 nitrogen and oxygen atoms in total. The molecule has 1 aromatic carbocycles. The highest BCUT2D eigenvalue weighted by molar-refractivity contribution is 5.84.